The number of hydrogen-bond acceptors (Lipinski definition) is 5. The fraction of sp³-hybridized carbons (Fsp3) is 0.476. The average Bonchev–Trinajstić information content (AvgIpc) is 2.90. The molecule has 3 heterocycles. The fourth-order valence-electron chi connectivity index (χ4n) is 3.90. The minimum atomic E-state index is 0.00999. The lowest BCUT2D eigenvalue weighted by Crippen LogP contribution is -2.35. The quantitative estimate of drug-likeness (QED) is 0.634. The van der Waals surface area contributed by atoms with Gasteiger partial charge in [0.2, 0.25) is 5.95 Å². The van der Waals surface area contributed by atoms with E-state index in [1.807, 2.05) is 18.2 Å². The molecule has 146 valence electrons. The molecule has 7 heteroatoms. The maximum atomic E-state index is 13.5. The summed E-state index contributed by atoms with van der Waals surface area (Å²) in [6, 6.07) is 9.75. The number of thioether (sulfide) groups is 1. The van der Waals surface area contributed by atoms with Crippen molar-refractivity contribution in [2.24, 2.45) is 0 Å². The summed E-state index contributed by atoms with van der Waals surface area (Å²) in [5, 5.41) is 9.74. The van der Waals surface area contributed by atoms with Gasteiger partial charge in [-0.1, -0.05) is 53.9 Å². The molecule has 2 aromatic rings. The highest BCUT2D eigenvalue weighted by Crippen LogP contribution is 2.46. The van der Waals surface area contributed by atoms with Gasteiger partial charge in [0, 0.05) is 18.3 Å². The SMILES string of the molecule is CC1Sc2c(nc(N3CCCCCC3)n(Cc3ccccc3C#N)c2=O)C1Br. The normalized spacial score (nSPS) is 21.8. The first-order valence-corrected chi connectivity index (χ1v) is 11.6. The van der Waals surface area contributed by atoms with Crippen molar-refractivity contribution in [1.82, 2.24) is 9.55 Å². The Morgan fingerprint density at radius 2 is 1.96 bits per heavy atom. The van der Waals surface area contributed by atoms with Crippen LogP contribution in [0.4, 0.5) is 5.95 Å². The molecule has 2 unspecified atom stereocenters. The third-order valence-electron chi connectivity index (χ3n) is 5.47. The lowest BCUT2D eigenvalue weighted by atomic mass is 10.1. The van der Waals surface area contributed by atoms with E-state index in [2.05, 4.69) is 33.8 Å². The summed E-state index contributed by atoms with van der Waals surface area (Å²) in [6.07, 6.45) is 4.67. The summed E-state index contributed by atoms with van der Waals surface area (Å²) in [4.78, 5) is 21.6. The summed E-state index contributed by atoms with van der Waals surface area (Å²) in [7, 11) is 0. The second-order valence-corrected chi connectivity index (χ2v) is 9.79. The Bertz CT molecular complexity index is 975. The zero-order valence-corrected chi connectivity index (χ0v) is 18.3. The minimum absolute atomic E-state index is 0.00999. The zero-order chi connectivity index (χ0) is 19.7. The summed E-state index contributed by atoms with van der Waals surface area (Å²) >= 11 is 5.32. The van der Waals surface area contributed by atoms with Crippen LogP contribution in [0.3, 0.4) is 0 Å². The van der Waals surface area contributed by atoms with E-state index in [4.69, 9.17) is 4.98 Å². The molecule has 0 aliphatic carbocycles. The molecular formula is C21H23BrN4OS. The van der Waals surface area contributed by atoms with Gasteiger partial charge in [0.1, 0.15) is 0 Å². The number of halogens is 1. The largest absolute Gasteiger partial charge is 0.342 e. The topological polar surface area (TPSA) is 61.9 Å². The fourth-order valence-corrected chi connectivity index (χ4v) is 5.83. The number of alkyl halides is 1. The monoisotopic (exact) mass is 458 g/mol. The summed E-state index contributed by atoms with van der Waals surface area (Å²) in [5.41, 5.74) is 2.34. The molecule has 0 N–H and O–H groups in total. The lowest BCUT2D eigenvalue weighted by molar-refractivity contribution is 0.649. The maximum Gasteiger partial charge on any atom is 0.269 e. The highest BCUT2D eigenvalue weighted by molar-refractivity contribution is 9.09. The van der Waals surface area contributed by atoms with Gasteiger partial charge in [-0.05, 0) is 24.5 Å². The molecule has 0 amide bonds. The van der Waals surface area contributed by atoms with Gasteiger partial charge in [0.15, 0.2) is 0 Å². The van der Waals surface area contributed by atoms with Crippen LogP contribution in [-0.2, 0) is 6.54 Å². The van der Waals surface area contributed by atoms with Gasteiger partial charge in [0.05, 0.1) is 33.6 Å². The van der Waals surface area contributed by atoms with Gasteiger partial charge in [-0.15, -0.1) is 11.8 Å². The molecule has 0 spiro atoms. The van der Waals surface area contributed by atoms with E-state index in [1.165, 1.54) is 12.8 Å². The molecule has 1 aromatic heterocycles. The first kappa shape index (κ1) is 19.5. The van der Waals surface area contributed by atoms with Crippen LogP contribution in [-0.4, -0.2) is 27.9 Å². The Morgan fingerprint density at radius 1 is 1.25 bits per heavy atom. The van der Waals surface area contributed by atoms with Crippen molar-refractivity contribution < 1.29 is 0 Å². The van der Waals surface area contributed by atoms with Crippen LogP contribution in [0.2, 0.25) is 0 Å². The van der Waals surface area contributed by atoms with Crippen molar-refractivity contribution in [3.05, 3.63) is 51.4 Å². The van der Waals surface area contributed by atoms with Gasteiger partial charge in [-0.2, -0.15) is 5.26 Å². The molecule has 28 heavy (non-hydrogen) atoms. The van der Waals surface area contributed by atoms with E-state index < -0.39 is 0 Å². The number of nitriles is 1. The Morgan fingerprint density at radius 3 is 2.68 bits per heavy atom. The van der Waals surface area contributed by atoms with E-state index in [-0.39, 0.29) is 15.6 Å². The number of nitrogens with zero attached hydrogens (tertiary/aromatic N) is 4. The van der Waals surface area contributed by atoms with Gasteiger partial charge >= 0.3 is 0 Å². The predicted octanol–water partition coefficient (Wildman–Crippen LogP) is 4.47. The van der Waals surface area contributed by atoms with E-state index >= 15 is 0 Å². The standard InChI is InChI=1S/C21H23BrN4OS/c1-14-17(22)18-19(28-14)20(27)26(13-16-9-5-4-8-15(16)12-23)21(24-18)25-10-6-2-3-7-11-25/h4-5,8-9,14,17H,2-3,6-7,10-11,13H2,1H3. The second-order valence-electron chi connectivity index (χ2n) is 7.41. The third-order valence-corrected chi connectivity index (χ3v) is 8.31. The summed E-state index contributed by atoms with van der Waals surface area (Å²) in [5.74, 6) is 0.748. The van der Waals surface area contributed by atoms with E-state index in [0.29, 0.717) is 12.1 Å². The molecule has 0 radical (unpaired) electrons. The molecule has 1 aromatic carbocycles. The molecule has 5 nitrogen and oxygen atoms in total. The van der Waals surface area contributed by atoms with Crippen molar-refractivity contribution in [3.8, 4) is 6.07 Å². The van der Waals surface area contributed by atoms with Crippen LogP contribution in [0.25, 0.3) is 0 Å². The van der Waals surface area contributed by atoms with E-state index in [9.17, 15) is 10.1 Å². The molecule has 1 fully saturated rings. The van der Waals surface area contributed by atoms with Crippen molar-refractivity contribution in [3.63, 3.8) is 0 Å². The molecule has 0 saturated carbocycles. The van der Waals surface area contributed by atoms with Crippen molar-refractivity contribution >= 4 is 33.6 Å². The van der Waals surface area contributed by atoms with Crippen molar-refractivity contribution in [1.29, 1.82) is 5.26 Å². The number of fused-ring (bicyclic) bond motifs is 1. The van der Waals surface area contributed by atoms with Crippen LogP contribution in [0, 0.1) is 11.3 Å². The van der Waals surface area contributed by atoms with Crippen LogP contribution < -0.4 is 10.5 Å². The molecule has 1 saturated heterocycles. The van der Waals surface area contributed by atoms with Crippen LogP contribution in [0.1, 0.15) is 54.3 Å². The van der Waals surface area contributed by atoms with Crippen LogP contribution in [0.5, 0.6) is 0 Å². The van der Waals surface area contributed by atoms with Gasteiger partial charge in [0.25, 0.3) is 5.56 Å². The number of aromatic nitrogens is 2. The number of anilines is 1. The smallest absolute Gasteiger partial charge is 0.269 e. The molecule has 0 bridgehead atoms. The van der Waals surface area contributed by atoms with Gasteiger partial charge < -0.3 is 4.90 Å². The first-order chi connectivity index (χ1) is 13.6. The molecule has 2 atom stereocenters. The lowest BCUT2D eigenvalue weighted by Gasteiger charge is -2.26. The van der Waals surface area contributed by atoms with Crippen molar-refractivity contribution in [2.75, 3.05) is 18.0 Å². The highest BCUT2D eigenvalue weighted by atomic mass is 79.9. The Labute approximate surface area is 177 Å². The first-order valence-electron chi connectivity index (χ1n) is 9.78. The molecular weight excluding hydrogens is 436 g/mol. The van der Waals surface area contributed by atoms with E-state index in [1.54, 1.807) is 22.4 Å². The Hall–Kier alpha value is -1.78. The Balaban J connectivity index is 1.85. The predicted molar refractivity (Wildman–Crippen MR) is 116 cm³/mol. The third kappa shape index (κ3) is 3.60. The molecule has 4 rings (SSSR count). The number of rotatable bonds is 3. The number of hydrogen-bond donors (Lipinski definition) is 0. The average molecular weight is 459 g/mol. The maximum absolute atomic E-state index is 13.5. The highest BCUT2D eigenvalue weighted by Gasteiger charge is 2.34. The van der Waals surface area contributed by atoms with E-state index in [0.717, 1.165) is 48.0 Å². The second kappa shape index (κ2) is 8.30. The number of benzene rings is 1. The van der Waals surface area contributed by atoms with Gasteiger partial charge in [-0.25, -0.2) is 4.98 Å². The van der Waals surface area contributed by atoms with Gasteiger partial charge in [-0.3, -0.25) is 9.36 Å². The van der Waals surface area contributed by atoms with Crippen molar-refractivity contribution in [2.45, 2.75) is 54.1 Å². The Kier molecular flexibility index (Phi) is 5.79. The minimum Gasteiger partial charge on any atom is -0.342 e. The molecule has 2 aliphatic rings. The van der Waals surface area contributed by atoms with Crippen LogP contribution >= 0.6 is 27.7 Å². The summed E-state index contributed by atoms with van der Waals surface area (Å²) in [6.45, 7) is 4.32. The zero-order valence-electron chi connectivity index (χ0n) is 15.9. The molecule has 2 aliphatic heterocycles. The summed E-state index contributed by atoms with van der Waals surface area (Å²) < 4.78 is 1.78. The van der Waals surface area contributed by atoms with Crippen LogP contribution in [0.15, 0.2) is 34.0 Å².